The molecular formula is C24H31N5O3. The molecule has 1 atom stereocenters. The predicted molar refractivity (Wildman–Crippen MR) is 119 cm³/mol. The van der Waals surface area contributed by atoms with E-state index in [1.165, 1.54) is 10.5 Å². The lowest BCUT2D eigenvalue weighted by atomic mass is 9.76. The summed E-state index contributed by atoms with van der Waals surface area (Å²) >= 11 is 0. The van der Waals surface area contributed by atoms with Gasteiger partial charge in [0, 0.05) is 37.6 Å². The van der Waals surface area contributed by atoms with Crippen LogP contribution in [0.5, 0.6) is 5.75 Å². The van der Waals surface area contributed by atoms with E-state index in [4.69, 9.17) is 4.74 Å². The average Bonchev–Trinajstić information content (AvgIpc) is 3.49. The van der Waals surface area contributed by atoms with E-state index in [0.717, 1.165) is 63.3 Å². The molecule has 3 aliphatic heterocycles. The molecule has 3 saturated heterocycles. The Bertz CT molecular complexity index is 971. The fourth-order valence-electron chi connectivity index (χ4n) is 5.64. The van der Waals surface area contributed by atoms with Crippen LogP contribution in [0.1, 0.15) is 37.3 Å². The Kier molecular flexibility index (Phi) is 5.41. The molecule has 1 unspecified atom stereocenters. The van der Waals surface area contributed by atoms with E-state index in [2.05, 4.69) is 28.1 Å². The number of carbonyl (C=O) groups excluding carboxylic acids is 2. The van der Waals surface area contributed by atoms with Crippen molar-refractivity contribution in [1.29, 1.82) is 0 Å². The minimum Gasteiger partial charge on any atom is -0.496 e. The monoisotopic (exact) mass is 437 g/mol. The zero-order valence-corrected chi connectivity index (χ0v) is 18.9. The van der Waals surface area contributed by atoms with Gasteiger partial charge in [0.2, 0.25) is 0 Å². The molecular weight excluding hydrogens is 406 g/mol. The molecule has 1 aromatic heterocycles. The smallest absolute Gasteiger partial charge is 0.327 e. The van der Waals surface area contributed by atoms with Gasteiger partial charge in [0.05, 0.1) is 20.0 Å². The Balaban J connectivity index is 1.22. The molecule has 0 radical (unpaired) electrons. The van der Waals surface area contributed by atoms with Gasteiger partial charge in [0.15, 0.2) is 0 Å². The third kappa shape index (κ3) is 3.66. The Morgan fingerprint density at radius 1 is 1.19 bits per heavy atom. The second-order valence-electron chi connectivity index (χ2n) is 9.37. The molecule has 3 amide bonds. The Morgan fingerprint density at radius 3 is 2.66 bits per heavy atom. The van der Waals surface area contributed by atoms with Gasteiger partial charge in [-0.25, -0.2) is 9.78 Å². The van der Waals surface area contributed by atoms with Gasteiger partial charge in [-0.2, -0.15) is 0 Å². The summed E-state index contributed by atoms with van der Waals surface area (Å²) in [6, 6.07) is 6.09. The van der Waals surface area contributed by atoms with E-state index in [1.807, 2.05) is 28.9 Å². The molecule has 170 valence electrons. The number of aromatic nitrogens is 2. The largest absolute Gasteiger partial charge is 0.496 e. The summed E-state index contributed by atoms with van der Waals surface area (Å²) in [7, 11) is 1.71. The van der Waals surface area contributed by atoms with Crippen LogP contribution in [0, 0.1) is 5.41 Å². The fourth-order valence-corrected chi connectivity index (χ4v) is 5.64. The number of imidazole rings is 1. The Hall–Kier alpha value is -2.87. The second kappa shape index (κ2) is 8.24. The Labute approximate surface area is 188 Å². The van der Waals surface area contributed by atoms with E-state index in [1.54, 1.807) is 13.3 Å². The van der Waals surface area contributed by atoms with Crippen molar-refractivity contribution < 1.29 is 14.3 Å². The van der Waals surface area contributed by atoms with Gasteiger partial charge >= 0.3 is 6.03 Å². The maximum Gasteiger partial charge on any atom is 0.327 e. The average molecular weight is 438 g/mol. The number of methoxy groups -OCH3 is 1. The summed E-state index contributed by atoms with van der Waals surface area (Å²) in [5.74, 6) is 0.891. The molecule has 4 heterocycles. The van der Waals surface area contributed by atoms with Crippen LogP contribution in [0.15, 0.2) is 36.9 Å². The first-order chi connectivity index (χ1) is 15.5. The molecule has 0 saturated carbocycles. The third-order valence-corrected chi connectivity index (χ3v) is 7.43. The number of nitrogens with zero attached hydrogens (tertiary/aromatic N) is 5. The number of hydrogen-bond acceptors (Lipinski definition) is 5. The highest BCUT2D eigenvalue weighted by molar-refractivity contribution is 6.04. The number of hydrogen-bond donors (Lipinski definition) is 0. The van der Waals surface area contributed by atoms with E-state index in [0.29, 0.717) is 6.54 Å². The maximum atomic E-state index is 12.6. The maximum absolute atomic E-state index is 12.6. The van der Waals surface area contributed by atoms with Crippen LogP contribution in [0.25, 0.3) is 0 Å². The number of imide groups is 1. The molecule has 0 N–H and O–H groups in total. The van der Waals surface area contributed by atoms with E-state index in [9.17, 15) is 9.59 Å². The number of carbonyl (C=O) groups is 2. The molecule has 2 aromatic rings. The van der Waals surface area contributed by atoms with Gasteiger partial charge in [-0.05, 0) is 62.4 Å². The lowest BCUT2D eigenvalue weighted by Gasteiger charge is -2.39. The summed E-state index contributed by atoms with van der Waals surface area (Å²) in [6.07, 6.45) is 8.44. The number of rotatable bonds is 6. The Morgan fingerprint density at radius 2 is 2.00 bits per heavy atom. The number of fused-ring (bicyclic) bond motifs is 1. The van der Waals surface area contributed by atoms with Crippen LogP contribution >= 0.6 is 0 Å². The summed E-state index contributed by atoms with van der Waals surface area (Å²) in [4.78, 5) is 35.0. The number of benzene rings is 1. The van der Waals surface area contributed by atoms with Gasteiger partial charge in [0.25, 0.3) is 5.91 Å². The molecule has 0 bridgehead atoms. The molecule has 1 spiro atoms. The zero-order valence-electron chi connectivity index (χ0n) is 18.9. The van der Waals surface area contributed by atoms with E-state index < -0.39 is 0 Å². The van der Waals surface area contributed by atoms with Crippen LogP contribution in [0.2, 0.25) is 0 Å². The lowest BCUT2D eigenvalue weighted by molar-refractivity contribution is -0.128. The second-order valence-corrected chi connectivity index (χ2v) is 9.37. The SMILES string of the molecule is CCN1C(=O)C2CC3(CCN(Cc4ccc(OC)c(Cn5ccnc5)c4)CC3)CN2C1=O. The van der Waals surface area contributed by atoms with Crippen LogP contribution < -0.4 is 4.74 Å². The van der Waals surface area contributed by atoms with Gasteiger partial charge in [0.1, 0.15) is 11.8 Å². The van der Waals surface area contributed by atoms with Crippen molar-refractivity contribution in [1.82, 2.24) is 24.3 Å². The molecule has 32 heavy (non-hydrogen) atoms. The number of amides is 3. The van der Waals surface area contributed by atoms with Crippen molar-refractivity contribution >= 4 is 11.9 Å². The minimum atomic E-state index is -0.235. The van der Waals surface area contributed by atoms with E-state index >= 15 is 0 Å². The highest BCUT2D eigenvalue weighted by atomic mass is 16.5. The summed E-state index contributed by atoms with van der Waals surface area (Å²) in [5.41, 5.74) is 2.51. The number of likely N-dealkylation sites (tertiary alicyclic amines) is 1. The topological polar surface area (TPSA) is 70.9 Å². The number of likely N-dealkylation sites (N-methyl/N-ethyl adjacent to an activating group) is 1. The van der Waals surface area contributed by atoms with Crippen molar-refractivity contribution in [3.8, 4) is 5.75 Å². The molecule has 1 aromatic carbocycles. The van der Waals surface area contributed by atoms with Crippen LogP contribution in [-0.2, 0) is 17.9 Å². The third-order valence-electron chi connectivity index (χ3n) is 7.43. The van der Waals surface area contributed by atoms with Gasteiger partial charge < -0.3 is 14.2 Å². The normalized spacial score (nSPS) is 22.8. The number of ether oxygens (including phenoxy) is 1. The number of piperidine rings is 1. The molecule has 3 fully saturated rings. The van der Waals surface area contributed by atoms with Gasteiger partial charge in [-0.15, -0.1) is 0 Å². The van der Waals surface area contributed by atoms with Gasteiger partial charge in [-0.1, -0.05) is 6.07 Å². The standard InChI is InChI=1S/C24H31N5O3/c1-3-28-22(30)20-13-24(16-29(20)23(28)31)6-9-26(10-7-24)14-18-4-5-21(32-2)19(12-18)15-27-11-8-25-17-27/h4-5,8,11-12,17,20H,3,6-7,9-10,13-16H2,1-2H3. The minimum absolute atomic E-state index is 0.000425. The fraction of sp³-hybridized carbons (Fsp3) is 0.542. The van der Waals surface area contributed by atoms with Gasteiger partial charge in [-0.3, -0.25) is 14.6 Å². The van der Waals surface area contributed by atoms with Crippen LogP contribution in [0.3, 0.4) is 0 Å². The summed E-state index contributed by atoms with van der Waals surface area (Å²) in [5, 5.41) is 0. The van der Waals surface area contributed by atoms with E-state index in [-0.39, 0.29) is 23.4 Å². The zero-order chi connectivity index (χ0) is 22.3. The van der Waals surface area contributed by atoms with Crippen molar-refractivity contribution in [3.05, 3.63) is 48.0 Å². The highest BCUT2D eigenvalue weighted by Gasteiger charge is 2.55. The molecule has 8 nitrogen and oxygen atoms in total. The molecule has 5 rings (SSSR count). The lowest BCUT2D eigenvalue weighted by Crippen LogP contribution is -2.43. The van der Waals surface area contributed by atoms with Crippen molar-refractivity contribution in [2.24, 2.45) is 5.41 Å². The summed E-state index contributed by atoms with van der Waals surface area (Å²) < 4.78 is 7.60. The van der Waals surface area contributed by atoms with Crippen LogP contribution in [-0.4, -0.2) is 75.5 Å². The van der Waals surface area contributed by atoms with Crippen molar-refractivity contribution in [2.45, 2.75) is 45.3 Å². The number of urea groups is 1. The predicted octanol–water partition coefficient (Wildman–Crippen LogP) is 2.58. The quantitative estimate of drug-likeness (QED) is 0.650. The highest BCUT2D eigenvalue weighted by Crippen LogP contribution is 2.46. The molecule has 0 aliphatic carbocycles. The van der Waals surface area contributed by atoms with Crippen molar-refractivity contribution in [2.75, 3.05) is 33.3 Å². The first kappa shape index (κ1) is 21.0. The summed E-state index contributed by atoms with van der Waals surface area (Å²) in [6.45, 7) is 6.67. The van der Waals surface area contributed by atoms with Crippen LogP contribution in [0.4, 0.5) is 4.79 Å². The van der Waals surface area contributed by atoms with Crippen molar-refractivity contribution in [3.63, 3.8) is 0 Å². The molecule has 3 aliphatic rings. The molecule has 8 heteroatoms. The first-order valence-electron chi connectivity index (χ1n) is 11.5. The first-order valence-corrected chi connectivity index (χ1v) is 11.5.